The van der Waals surface area contributed by atoms with Gasteiger partial charge in [0.25, 0.3) is 5.91 Å². The van der Waals surface area contributed by atoms with Gasteiger partial charge < -0.3 is 15.5 Å². The first-order chi connectivity index (χ1) is 8.69. The van der Waals surface area contributed by atoms with E-state index in [0.29, 0.717) is 10.1 Å². The lowest BCUT2D eigenvalue weighted by molar-refractivity contribution is -0.115. The maximum absolute atomic E-state index is 11.6. The van der Waals surface area contributed by atoms with Gasteiger partial charge in [0.15, 0.2) is 5.17 Å². The lowest BCUT2D eigenvalue weighted by atomic mass is 10.2. The van der Waals surface area contributed by atoms with Gasteiger partial charge >= 0.3 is 0 Å². The van der Waals surface area contributed by atoms with E-state index < -0.39 is 0 Å². The number of aliphatic hydroxyl groups excluding tert-OH is 1. The molecule has 0 bridgehead atoms. The van der Waals surface area contributed by atoms with Crippen molar-refractivity contribution in [1.82, 2.24) is 5.32 Å². The molecule has 1 aromatic rings. The van der Waals surface area contributed by atoms with Crippen LogP contribution in [0.1, 0.15) is 5.56 Å². The van der Waals surface area contributed by atoms with E-state index in [0.717, 1.165) is 5.56 Å². The number of phenols is 1. The fraction of sp³-hybridized carbons (Fsp3) is 0.167. The van der Waals surface area contributed by atoms with E-state index in [9.17, 15) is 9.90 Å². The zero-order valence-corrected chi connectivity index (χ0v) is 10.3. The van der Waals surface area contributed by atoms with Gasteiger partial charge in [-0.1, -0.05) is 12.1 Å². The van der Waals surface area contributed by atoms with Crippen LogP contribution >= 0.6 is 11.8 Å². The van der Waals surface area contributed by atoms with Gasteiger partial charge in [-0.2, -0.15) is 0 Å². The number of hydrogen-bond acceptors (Lipinski definition) is 5. The maximum atomic E-state index is 11.6. The molecule has 1 aliphatic rings. The summed E-state index contributed by atoms with van der Waals surface area (Å²) in [5.41, 5.74) is 0.746. The van der Waals surface area contributed by atoms with Crippen molar-refractivity contribution in [3.05, 3.63) is 34.7 Å². The average Bonchev–Trinajstić information content (AvgIpc) is 2.68. The number of aliphatic imine (C=N–C) groups is 1. The van der Waals surface area contributed by atoms with E-state index in [4.69, 9.17) is 5.11 Å². The summed E-state index contributed by atoms with van der Waals surface area (Å²) >= 11 is 1.22. The van der Waals surface area contributed by atoms with Crippen LogP contribution in [0.25, 0.3) is 6.08 Å². The van der Waals surface area contributed by atoms with Crippen molar-refractivity contribution in [1.29, 1.82) is 0 Å². The number of rotatable bonds is 3. The number of hydrogen-bond donors (Lipinski definition) is 3. The van der Waals surface area contributed by atoms with Gasteiger partial charge in [0, 0.05) is 0 Å². The fourth-order valence-corrected chi connectivity index (χ4v) is 2.27. The molecule has 5 nitrogen and oxygen atoms in total. The molecule has 3 N–H and O–H groups in total. The van der Waals surface area contributed by atoms with Crippen molar-refractivity contribution in [3.63, 3.8) is 0 Å². The summed E-state index contributed by atoms with van der Waals surface area (Å²) in [5, 5.41) is 21.1. The molecule has 0 saturated carbocycles. The Hall–Kier alpha value is -1.79. The molecular weight excluding hydrogens is 252 g/mol. The van der Waals surface area contributed by atoms with E-state index in [1.165, 1.54) is 11.8 Å². The molecular formula is C12H12N2O3S. The second kappa shape index (κ2) is 5.70. The lowest BCUT2D eigenvalue weighted by Crippen LogP contribution is -2.20. The Morgan fingerprint density at radius 2 is 2.28 bits per heavy atom. The first-order valence-electron chi connectivity index (χ1n) is 5.34. The van der Waals surface area contributed by atoms with E-state index in [1.54, 1.807) is 30.3 Å². The van der Waals surface area contributed by atoms with E-state index in [1.807, 2.05) is 0 Å². The highest BCUT2D eigenvalue weighted by Gasteiger charge is 2.23. The van der Waals surface area contributed by atoms with Gasteiger partial charge in [-0.25, -0.2) is 0 Å². The second-order valence-corrected chi connectivity index (χ2v) is 4.60. The Morgan fingerprint density at radius 1 is 1.44 bits per heavy atom. The minimum absolute atomic E-state index is 0.0501. The summed E-state index contributed by atoms with van der Waals surface area (Å²) in [6, 6.07) is 6.64. The van der Waals surface area contributed by atoms with Gasteiger partial charge in [-0.15, -0.1) is 0 Å². The normalized spacial score (nSPS) is 19.5. The molecule has 0 radical (unpaired) electrons. The number of phenolic OH excluding ortho intramolecular Hbond substituents is 1. The van der Waals surface area contributed by atoms with Gasteiger partial charge in [-0.05, 0) is 35.5 Å². The molecule has 18 heavy (non-hydrogen) atoms. The van der Waals surface area contributed by atoms with Gasteiger partial charge in [0.1, 0.15) is 5.75 Å². The molecule has 94 valence electrons. The van der Waals surface area contributed by atoms with Crippen molar-refractivity contribution in [3.8, 4) is 5.75 Å². The van der Waals surface area contributed by atoms with Crippen LogP contribution in [0.15, 0.2) is 34.2 Å². The number of thioether (sulfide) groups is 1. The minimum atomic E-state index is -0.222. The Kier molecular flexibility index (Phi) is 4.01. The first kappa shape index (κ1) is 12.7. The molecule has 1 aliphatic heterocycles. The molecule has 1 aromatic carbocycles. The second-order valence-electron chi connectivity index (χ2n) is 3.57. The highest BCUT2D eigenvalue weighted by atomic mass is 32.2. The molecule has 0 unspecified atom stereocenters. The number of amides is 1. The summed E-state index contributed by atoms with van der Waals surface area (Å²) in [6.07, 6.45) is 1.68. The van der Waals surface area contributed by atoms with Crippen molar-refractivity contribution < 1.29 is 15.0 Å². The molecule has 0 spiro atoms. The Morgan fingerprint density at radius 3 is 3.00 bits per heavy atom. The summed E-state index contributed by atoms with van der Waals surface area (Å²) in [7, 11) is 0. The standard InChI is InChI=1S/C12H12N2O3S/c15-5-4-13-12-14-11(17)10(18-12)7-8-2-1-3-9(16)6-8/h1-3,6-7,15-16H,4-5H2,(H,13,14,17)/b10-7-. The topological polar surface area (TPSA) is 81.9 Å². The number of carbonyl (C=O) groups excluding carboxylic acids is 1. The van der Waals surface area contributed by atoms with Crippen LogP contribution in [-0.4, -0.2) is 34.4 Å². The van der Waals surface area contributed by atoms with Crippen LogP contribution in [0, 0.1) is 0 Å². The lowest BCUT2D eigenvalue weighted by Gasteiger charge is -1.95. The summed E-state index contributed by atoms with van der Waals surface area (Å²) in [4.78, 5) is 16.2. The third-order valence-corrected chi connectivity index (χ3v) is 3.12. The maximum Gasteiger partial charge on any atom is 0.264 e. The largest absolute Gasteiger partial charge is 0.508 e. The van der Waals surface area contributed by atoms with E-state index in [2.05, 4.69) is 10.3 Å². The predicted octanol–water partition coefficient (Wildman–Crippen LogP) is 0.944. The smallest absolute Gasteiger partial charge is 0.264 e. The average molecular weight is 264 g/mol. The molecule has 0 aliphatic carbocycles. The number of benzene rings is 1. The highest BCUT2D eigenvalue weighted by Crippen LogP contribution is 2.26. The van der Waals surface area contributed by atoms with Gasteiger partial charge in [0.2, 0.25) is 0 Å². The van der Waals surface area contributed by atoms with Gasteiger partial charge in [-0.3, -0.25) is 9.79 Å². The van der Waals surface area contributed by atoms with Crippen LogP contribution in [-0.2, 0) is 4.79 Å². The summed E-state index contributed by atoms with van der Waals surface area (Å²) in [5.74, 6) is -0.0676. The van der Waals surface area contributed by atoms with Crippen LogP contribution in [0.2, 0.25) is 0 Å². The highest BCUT2D eigenvalue weighted by molar-refractivity contribution is 8.18. The Bertz CT molecular complexity index is 526. The SMILES string of the molecule is O=C1NC(=NCCO)S/C1=C\c1cccc(O)c1. The quantitative estimate of drug-likeness (QED) is 0.710. The third-order valence-electron chi connectivity index (χ3n) is 2.17. The molecule has 0 aromatic heterocycles. The molecule has 1 heterocycles. The van der Waals surface area contributed by atoms with E-state index >= 15 is 0 Å². The Balaban J connectivity index is 2.17. The minimum Gasteiger partial charge on any atom is -0.508 e. The monoisotopic (exact) mass is 264 g/mol. The number of aliphatic hydroxyl groups is 1. The zero-order valence-electron chi connectivity index (χ0n) is 9.46. The van der Waals surface area contributed by atoms with Crippen molar-refractivity contribution in [2.24, 2.45) is 4.99 Å². The summed E-state index contributed by atoms with van der Waals surface area (Å²) in [6.45, 7) is 0.216. The third kappa shape index (κ3) is 3.12. The predicted molar refractivity (Wildman–Crippen MR) is 71.2 cm³/mol. The number of carbonyl (C=O) groups is 1. The number of nitrogens with zero attached hydrogens (tertiary/aromatic N) is 1. The van der Waals surface area contributed by atoms with Gasteiger partial charge in [0.05, 0.1) is 18.1 Å². The van der Waals surface area contributed by atoms with Crippen molar-refractivity contribution in [2.75, 3.05) is 13.2 Å². The van der Waals surface area contributed by atoms with Crippen LogP contribution < -0.4 is 5.32 Å². The first-order valence-corrected chi connectivity index (χ1v) is 6.16. The zero-order chi connectivity index (χ0) is 13.0. The van der Waals surface area contributed by atoms with Crippen LogP contribution in [0.3, 0.4) is 0 Å². The van der Waals surface area contributed by atoms with Crippen molar-refractivity contribution in [2.45, 2.75) is 0 Å². The molecule has 0 atom stereocenters. The van der Waals surface area contributed by atoms with E-state index in [-0.39, 0.29) is 24.8 Å². The molecule has 1 amide bonds. The number of nitrogens with one attached hydrogen (secondary N) is 1. The van der Waals surface area contributed by atoms with Crippen LogP contribution in [0.5, 0.6) is 5.75 Å². The number of aromatic hydroxyl groups is 1. The summed E-state index contributed by atoms with van der Waals surface area (Å²) < 4.78 is 0. The van der Waals surface area contributed by atoms with Crippen LogP contribution in [0.4, 0.5) is 0 Å². The molecule has 1 saturated heterocycles. The Labute approximate surface area is 108 Å². The molecule has 6 heteroatoms. The molecule has 2 rings (SSSR count). The fourth-order valence-electron chi connectivity index (χ4n) is 1.42. The van der Waals surface area contributed by atoms with Crippen molar-refractivity contribution >= 4 is 28.9 Å². The number of amidine groups is 1. The molecule has 1 fully saturated rings.